The molecule has 2 aromatic rings. The fraction of sp³-hybridized carbons (Fsp3) is 0.250. The van der Waals surface area contributed by atoms with Crippen molar-refractivity contribution in [1.29, 1.82) is 0 Å². The van der Waals surface area contributed by atoms with Crippen LogP contribution in [0.5, 0.6) is 0 Å². The van der Waals surface area contributed by atoms with Crippen LogP contribution in [-0.2, 0) is 20.7 Å². The van der Waals surface area contributed by atoms with Gasteiger partial charge >= 0.3 is 5.97 Å². The van der Waals surface area contributed by atoms with E-state index >= 15 is 0 Å². The summed E-state index contributed by atoms with van der Waals surface area (Å²) < 4.78 is 4.97. The molecule has 1 atom stereocenters. The molecule has 0 radical (unpaired) electrons. The van der Waals surface area contributed by atoms with E-state index in [1.807, 2.05) is 6.07 Å². The van der Waals surface area contributed by atoms with Crippen molar-refractivity contribution < 1.29 is 24.2 Å². The van der Waals surface area contributed by atoms with Crippen LogP contribution in [0, 0.1) is 0 Å². The number of aliphatic carboxylic acids is 1. The zero-order chi connectivity index (χ0) is 18.9. The molecular weight excluding hydrogens is 334 g/mol. The van der Waals surface area contributed by atoms with E-state index in [0.717, 1.165) is 0 Å². The summed E-state index contributed by atoms with van der Waals surface area (Å²) in [5.74, 6) is -1.70. The van der Waals surface area contributed by atoms with Crippen molar-refractivity contribution >= 4 is 17.7 Å². The highest BCUT2D eigenvalue weighted by Crippen LogP contribution is 2.12. The number of nitrogens with one attached hydrogen (secondary N) is 1. The number of ketones is 1. The standard InChI is InChI=1S/C20H21NO5/c1-2-26-13-18(22)21-17(20(24)25)12-14-8-10-16(11-9-14)19(23)15-6-4-3-5-7-15/h3-11,17H,2,12-13H2,1H3,(H,21,22)(H,24,25)/t17-/m0/s1. The summed E-state index contributed by atoms with van der Waals surface area (Å²) in [7, 11) is 0. The van der Waals surface area contributed by atoms with Crippen molar-refractivity contribution in [2.24, 2.45) is 0 Å². The lowest BCUT2D eigenvalue weighted by Crippen LogP contribution is -2.43. The second kappa shape index (κ2) is 9.48. The summed E-state index contributed by atoms with van der Waals surface area (Å²) in [6, 6.07) is 14.6. The molecule has 0 aliphatic carbocycles. The molecule has 1 amide bonds. The molecule has 0 saturated heterocycles. The second-order valence-electron chi connectivity index (χ2n) is 5.69. The largest absolute Gasteiger partial charge is 0.480 e. The molecule has 6 nitrogen and oxygen atoms in total. The van der Waals surface area contributed by atoms with E-state index in [0.29, 0.717) is 23.3 Å². The number of carbonyl (C=O) groups excluding carboxylic acids is 2. The van der Waals surface area contributed by atoms with Crippen LogP contribution in [0.4, 0.5) is 0 Å². The fourth-order valence-corrected chi connectivity index (χ4v) is 2.41. The van der Waals surface area contributed by atoms with Crippen LogP contribution in [0.1, 0.15) is 28.4 Å². The van der Waals surface area contributed by atoms with Gasteiger partial charge in [0.2, 0.25) is 5.91 Å². The molecule has 0 aromatic heterocycles. The minimum absolute atomic E-state index is 0.100. The van der Waals surface area contributed by atoms with Gasteiger partial charge in [0.15, 0.2) is 5.78 Å². The zero-order valence-electron chi connectivity index (χ0n) is 14.5. The van der Waals surface area contributed by atoms with Gasteiger partial charge in [-0.3, -0.25) is 9.59 Å². The average molecular weight is 355 g/mol. The lowest BCUT2D eigenvalue weighted by molar-refractivity contribution is -0.142. The predicted molar refractivity (Wildman–Crippen MR) is 96.1 cm³/mol. The monoisotopic (exact) mass is 355 g/mol. The Morgan fingerprint density at radius 3 is 2.19 bits per heavy atom. The van der Waals surface area contributed by atoms with E-state index in [1.165, 1.54) is 0 Å². The molecule has 0 fully saturated rings. The van der Waals surface area contributed by atoms with Gasteiger partial charge in [-0.15, -0.1) is 0 Å². The Morgan fingerprint density at radius 1 is 1.00 bits per heavy atom. The smallest absolute Gasteiger partial charge is 0.326 e. The highest BCUT2D eigenvalue weighted by molar-refractivity contribution is 6.08. The van der Waals surface area contributed by atoms with E-state index in [-0.39, 0.29) is 18.8 Å². The van der Waals surface area contributed by atoms with Crippen molar-refractivity contribution in [3.05, 3.63) is 71.3 Å². The number of carboxylic acid groups (broad SMARTS) is 1. The molecule has 0 aliphatic rings. The Balaban J connectivity index is 2.03. The molecule has 26 heavy (non-hydrogen) atoms. The van der Waals surface area contributed by atoms with Crippen LogP contribution in [0.2, 0.25) is 0 Å². The Bertz CT molecular complexity index is 756. The minimum atomic E-state index is -1.13. The van der Waals surface area contributed by atoms with Gasteiger partial charge in [-0.25, -0.2) is 4.79 Å². The summed E-state index contributed by atoms with van der Waals surface area (Å²) in [5.41, 5.74) is 1.82. The van der Waals surface area contributed by atoms with Crippen LogP contribution in [-0.4, -0.2) is 42.0 Å². The van der Waals surface area contributed by atoms with Crippen LogP contribution in [0.15, 0.2) is 54.6 Å². The molecule has 0 unspecified atom stereocenters. The quantitative estimate of drug-likeness (QED) is 0.672. The summed E-state index contributed by atoms with van der Waals surface area (Å²) in [6.07, 6.45) is 0.118. The third-order valence-corrected chi connectivity index (χ3v) is 3.76. The average Bonchev–Trinajstić information content (AvgIpc) is 2.66. The molecule has 0 aliphatic heterocycles. The molecule has 2 N–H and O–H groups in total. The number of hydrogen-bond donors (Lipinski definition) is 2. The first-order chi connectivity index (χ1) is 12.5. The molecule has 2 aromatic carbocycles. The molecule has 0 heterocycles. The first kappa shape index (κ1) is 19.3. The first-order valence-corrected chi connectivity index (χ1v) is 8.30. The summed E-state index contributed by atoms with van der Waals surface area (Å²) >= 11 is 0. The van der Waals surface area contributed by atoms with Crippen LogP contribution >= 0.6 is 0 Å². The topological polar surface area (TPSA) is 92.7 Å². The van der Waals surface area contributed by atoms with Crippen LogP contribution in [0.25, 0.3) is 0 Å². The van der Waals surface area contributed by atoms with Gasteiger partial charge in [-0.2, -0.15) is 0 Å². The number of amides is 1. The van der Waals surface area contributed by atoms with Crippen molar-refractivity contribution in [2.75, 3.05) is 13.2 Å². The molecule has 0 saturated carbocycles. The molecular formula is C20H21NO5. The van der Waals surface area contributed by atoms with Gasteiger partial charge in [-0.05, 0) is 12.5 Å². The fourth-order valence-electron chi connectivity index (χ4n) is 2.41. The third-order valence-electron chi connectivity index (χ3n) is 3.76. The molecule has 6 heteroatoms. The number of carbonyl (C=O) groups is 3. The number of hydrogen-bond acceptors (Lipinski definition) is 4. The summed E-state index contributed by atoms with van der Waals surface area (Å²) in [6.45, 7) is 1.95. The van der Waals surface area contributed by atoms with E-state index in [1.54, 1.807) is 55.5 Å². The maximum atomic E-state index is 12.4. The summed E-state index contributed by atoms with van der Waals surface area (Å²) in [4.78, 5) is 35.4. The SMILES string of the molecule is CCOCC(=O)N[C@@H](Cc1ccc(C(=O)c2ccccc2)cc1)C(=O)O. The van der Waals surface area contributed by atoms with Gasteiger partial charge in [-0.1, -0.05) is 54.6 Å². The van der Waals surface area contributed by atoms with Gasteiger partial charge in [0.05, 0.1) is 0 Å². The molecule has 0 bridgehead atoms. The zero-order valence-corrected chi connectivity index (χ0v) is 14.5. The number of rotatable bonds is 9. The normalized spacial score (nSPS) is 11.6. The van der Waals surface area contributed by atoms with Gasteiger partial charge in [0.1, 0.15) is 12.6 Å². The van der Waals surface area contributed by atoms with E-state index < -0.39 is 17.9 Å². The Morgan fingerprint density at radius 2 is 1.62 bits per heavy atom. The summed E-state index contributed by atoms with van der Waals surface area (Å²) in [5, 5.41) is 11.7. The number of carboxylic acids is 1. The van der Waals surface area contributed by atoms with E-state index in [4.69, 9.17) is 4.74 Å². The maximum Gasteiger partial charge on any atom is 0.326 e. The number of benzene rings is 2. The van der Waals surface area contributed by atoms with Crippen molar-refractivity contribution in [3.8, 4) is 0 Å². The predicted octanol–water partition coefficient (Wildman–Crippen LogP) is 2.07. The highest BCUT2D eigenvalue weighted by atomic mass is 16.5. The van der Waals surface area contributed by atoms with Crippen molar-refractivity contribution in [2.45, 2.75) is 19.4 Å². The van der Waals surface area contributed by atoms with Crippen molar-refractivity contribution in [1.82, 2.24) is 5.32 Å². The Kier molecular flexibility index (Phi) is 7.05. The van der Waals surface area contributed by atoms with Gasteiger partial charge in [0.25, 0.3) is 0 Å². The minimum Gasteiger partial charge on any atom is -0.480 e. The molecule has 2 rings (SSSR count). The van der Waals surface area contributed by atoms with E-state index in [2.05, 4.69) is 5.32 Å². The molecule has 0 spiro atoms. The van der Waals surface area contributed by atoms with Gasteiger partial charge in [0, 0.05) is 24.2 Å². The lowest BCUT2D eigenvalue weighted by Gasteiger charge is -2.15. The van der Waals surface area contributed by atoms with Crippen LogP contribution in [0.3, 0.4) is 0 Å². The van der Waals surface area contributed by atoms with Crippen molar-refractivity contribution in [3.63, 3.8) is 0 Å². The third kappa shape index (κ3) is 5.53. The first-order valence-electron chi connectivity index (χ1n) is 8.30. The molecule has 136 valence electrons. The van der Waals surface area contributed by atoms with Crippen LogP contribution < -0.4 is 5.32 Å². The Labute approximate surface area is 151 Å². The lowest BCUT2D eigenvalue weighted by atomic mass is 9.99. The van der Waals surface area contributed by atoms with E-state index in [9.17, 15) is 19.5 Å². The number of ether oxygens (including phenoxy) is 1. The van der Waals surface area contributed by atoms with Gasteiger partial charge < -0.3 is 15.2 Å². The Hall–Kier alpha value is -2.99. The maximum absolute atomic E-state index is 12.4. The highest BCUT2D eigenvalue weighted by Gasteiger charge is 2.20. The second-order valence-corrected chi connectivity index (χ2v) is 5.69.